The Morgan fingerprint density at radius 2 is 2.14 bits per heavy atom. The van der Waals surface area contributed by atoms with Crippen LogP contribution in [0.25, 0.3) is 0 Å². The van der Waals surface area contributed by atoms with E-state index in [1.54, 1.807) is 13.0 Å². The number of nitriles is 1. The Bertz CT molecular complexity index is 715. The van der Waals surface area contributed by atoms with Crippen LogP contribution in [0.2, 0.25) is 0 Å². The molecule has 0 N–H and O–H groups in total. The molecule has 1 atom stereocenters. The number of Topliss-reactive ketones (excluding diaryl/α,β-unsaturated/α-hetero) is 1. The summed E-state index contributed by atoms with van der Waals surface area (Å²) in [5.41, 5.74) is -0.850. The van der Waals surface area contributed by atoms with Gasteiger partial charge in [-0.1, -0.05) is 18.2 Å². The van der Waals surface area contributed by atoms with Gasteiger partial charge in [0.15, 0.2) is 5.78 Å². The zero-order chi connectivity index (χ0) is 15.6. The summed E-state index contributed by atoms with van der Waals surface area (Å²) < 4.78 is 38.1. The van der Waals surface area contributed by atoms with E-state index >= 15 is 0 Å². The maximum absolute atomic E-state index is 12.7. The van der Waals surface area contributed by atoms with Crippen molar-refractivity contribution in [2.45, 2.75) is 19.0 Å². The molecule has 0 saturated heterocycles. The number of hydrogen-bond donors (Lipinski definition) is 0. The monoisotopic (exact) mass is 310 g/mol. The zero-order valence-corrected chi connectivity index (χ0v) is 11.6. The van der Waals surface area contributed by atoms with Crippen LogP contribution in [-0.4, -0.2) is 10.8 Å². The number of nitrogens with zero attached hydrogens (tertiary/aromatic N) is 2. The Hall–Kier alpha value is -2.20. The number of thiazole rings is 1. The van der Waals surface area contributed by atoms with Gasteiger partial charge >= 0.3 is 6.18 Å². The first-order valence-electron chi connectivity index (χ1n) is 5.86. The maximum atomic E-state index is 12.7. The molecule has 1 unspecified atom stereocenters. The first kappa shape index (κ1) is 15.2. The minimum atomic E-state index is -4.51. The van der Waals surface area contributed by atoms with Crippen LogP contribution >= 0.6 is 11.3 Å². The molecule has 1 aromatic carbocycles. The van der Waals surface area contributed by atoms with Gasteiger partial charge in [0.1, 0.15) is 5.92 Å². The molecule has 0 amide bonds. The summed E-state index contributed by atoms with van der Waals surface area (Å²) >= 11 is 1.11. The molecule has 1 aromatic heterocycles. The Morgan fingerprint density at radius 1 is 1.43 bits per heavy atom. The minimum absolute atomic E-state index is 0.0309. The highest BCUT2D eigenvalue weighted by Crippen LogP contribution is 2.32. The third-order valence-corrected chi connectivity index (χ3v) is 3.73. The normalized spacial score (nSPS) is 12.7. The molecule has 0 aliphatic carbocycles. The second kappa shape index (κ2) is 5.66. The van der Waals surface area contributed by atoms with Crippen molar-refractivity contribution >= 4 is 17.1 Å². The van der Waals surface area contributed by atoms with Crippen molar-refractivity contribution in [3.05, 3.63) is 51.5 Å². The summed E-state index contributed by atoms with van der Waals surface area (Å²) in [5, 5.41) is 9.80. The van der Waals surface area contributed by atoms with Gasteiger partial charge in [-0.2, -0.15) is 18.4 Å². The Morgan fingerprint density at radius 3 is 2.67 bits per heavy atom. The third-order valence-electron chi connectivity index (χ3n) is 2.80. The van der Waals surface area contributed by atoms with Crippen molar-refractivity contribution in [1.82, 2.24) is 4.98 Å². The number of benzene rings is 1. The van der Waals surface area contributed by atoms with Gasteiger partial charge in [0.05, 0.1) is 21.5 Å². The quantitative estimate of drug-likeness (QED) is 0.806. The van der Waals surface area contributed by atoms with E-state index in [0.29, 0.717) is 5.01 Å². The highest BCUT2D eigenvalue weighted by Gasteiger charge is 2.32. The molecule has 0 bridgehead atoms. The fourth-order valence-corrected chi connectivity index (χ4v) is 2.54. The molecular weight excluding hydrogens is 301 g/mol. The van der Waals surface area contributed by atoms with Gasteiger partial charge in [-0.25, -0.2) is 4.98 Å². The van der Waals surface area contributed by atoms with Gasteiger partial charge in [-0.3, -0.25) is 4.79 Å². The summed E-state index contributed by atoms with van der Waals surface area (Å²) in [6, 6.07) is 6.03. The lowest BCUT2D eigenvalue weighted by atomic mass is 9.94. The predicted molar refractivity (Wildman–Crippen MR) is 71.0 cm³/mol. The average molecular weight is 310 g/mol. The Kier molecular flexibility index (Phi) is 4.09. The minimum Gasteiger partial charge on any atom is -0.291 e. The van der Waals surface area contributed by atoms with E-state index in [1.807, 2.05) is 0 Å². The lowest BCUT2D eigenvalue weighted by Crippen LogP contribution is -2.12. The van der Waals surface area contributed by atoms with Crippen molar-refractivity contribution in [2.24, 2.45) is 0 Å². The standard InChI is InChI=1S/C14H9F3N2OS/c1-8-19-7-12(21-8)13(20)11(6-18)9-3-2-4-10(5-9)14(15,16)17/h2-5,7,11H,1H3. The summed E-state index contributed by atoms with van der Waals surface area (Å²) in [7, 11) is 0. The Labute approximate surface area is 122 Å². The molecule has 0 spiro atoms. The van der Waals surface area contributed by atoms with Gasteiger partial charge in [0.25, 0.3) is 0 Å². The molecule has 0 radical (unpaired) electrons. The molecular formula is C14H9F3N2OS. The zero-order valence-electron chi connectivity index (χ0n) is 10.8. The largest absolute Gasteiger partial charge is 0.416 e. The predicted octanol–water partition coefficient (Wildman–Crippen LogP) is 3.96. The number of carbonyl (C=O) groups is 1. The van der Waals surface area contributed by atoms with Crippen molar-refractivity contribution in [2.75, 3.05) is 0 Å². The van der Waals surface area contributed by atoms with Crippen LogP contribution in [0.3, 0.4) is 0 Å². The number of rotatable bonds is 3. The molecule has 21 heavy (non-hydrogen) atoms. The van der Waals surface area contributed by atoms with Crippen LogP contribution in [0.1, 0.15) is 31.7 Å². The highest BCUT2D eigenvalue weighted by molar-refractivity contribution is 7.13. The van der Waals surface area contributed by atoms with Gasteiger partial charge in [-0.05, 0) is 18.6 Å². The maximum Gasteiger partial charge on any atom is 0.416 e. The number of alkyl halides is 3. The number of halogens is 3. The van der Waals surface area contributed by atoms with E-state index in [-0.39, 0.29) is 10.4 Å². The van der Waals surface area contributed by atoms with Crippen molar-refractivity contribution in [1.29, 1.82) is 5.26 Å². The van der Waals surface area contributed by atoms with E-state index in [4.69, 9.17) is 5.26 Å². The second-order valence-electron chi connectivity index (χ2n) is 4.29. The highest BCUT2D eigenvalue weighted by atomic mass is 32.1. The number of aromatic nitrogens is 1. The van der Waals surface area contributed by atoms with Crippen LogP contribution in [0, 0.1) is 18.3 Å². The first-order valence-corrected chi connectivity index (χ1v) is 6.68. The molecule has 108 valence electrons. The van der Waals surface area contributed by atoms with Crippen LogP contribution < -0.4 is 0 Å². The number of hydrogen-bond acceptors (Lipinski definition) is 4. The van der Waals surface area contributed by atoms with E-state index in [0.717, 1.165) is 23.5 Å². The molecule has 0 aliphatic heterocycles. The molecule has 2 aromatic rings. The lowest BCUT2D eigenvalue weighted by molar-refractivity contribution is -0.137. The molecule has 3 nitrogen and oxygen atoms in total. The van der Waals surface area contributed by atoms with Gasteiger partial charge in [-0.15, -0.1) is 11.3 Å². The molecule has 1 heterocycles. The fourth-order valence-electron chi connectivity index (χ4n) is 1.80. The molecule has 0 aliphatic rings. The van der Waals surface area contributed by atoms with E-state index < -0.39 is 23.4 Å². The van der Waals surface area contributed by atoms with Gasteiger partial charge < -0.3 is 0 Å². The number of carbonyl (C=O) groups excluding carboxylic acids is 1. The first-order chi connectivity index (χ1) is 9.82. The SMILES string of the molecule is Cc1ncc(C(=O)C(C#N)c2cccc(C(F)(F)F)c2)s1. The lowest BCUT2D eigenvalue weighted by Gasteiger charge is -2.11. The average Bonchev–Trinajstić information content (AvgIpc) is 2.85. The van der Waals surface area contributed by atoms with Gasteiger partial charge in [0, 0.05) is 6.20 Å². The topological polar surface area (TPSA) is 53.8 Å². The molecule has 2 rings (SSSR count). The summed E-state index contributed by atoms with van der Waals surface area (Å²) in [5.74, 6) is -1.81. The van der Waals surface area contributed by atoms with Crippen molar-refractivity contribution in [3.63, 3.8) is 0 Å². The molecule has 7 heteroatoms. The van der Waals surface area contributed by atoms with E-state index in [9.17, 15) is 18.0 Å². The van der Waals surface area contributed by atoms with Crippen molar-refractivity contribution < 1.29 is 18.0 Å². The number of ketones is 1. The van der Waals surface area contributed by atoms with Crippen LogP contribution in [-0.2, 0) is 6.18 Å². The summed E-state index contributed by atoms with van der Waals surface area (Å²) in [4.78, 5) is 16.4. The van der Waals surface area contributed by atoms with Crippen LogP contribution in [0.4, 0.5) is 13.2 Å². The van der Waals surface area contributed by atoms with E-state index in [1.165, 1.54) is 18.3 Å². The van der Waals surface area contributed by atoms with Crippen LogP contribution in [0.5, 0.6) is 0 Å². The fraction of sp³-hybridized carbons (Fsp3) is 0.214. The summed E-state index contributed by atoms with van der Waals surface area (Å²) in [6.07, 6.45) is -3.18. The van der Waals surface area contributed by atoms with E-state index in [2.05, 4.69) is 4.98 Å². The van der Waals surface area contributed by atoms with Crippen molar-refractivity contribution in [3.8, 4) is 6.07 Å². The third kappa shape index (κ3) is 3.28. The molecule has 0 saturated carbocycles. The summed E-state index contributed by atoms with van der Waals surface area (Å²) in [6.45, 7) is 1.70. The molecule has 0 fully saturated rings. The second-order valence-corrected chi connectivity index (χ2v) is 5.53. The Balaban J connectivity index is 2.39. The van der Waals surface area contributed by atoms with Crippen LogP contribution in [0.15, 0.2) is 30.5 Å². The smallest absolute Gasteiger partial charge is 0.291 e. The number of aryl methyl sites for hydroxylation is 1. The van der Waals surface area contributed by atoms with Gasteiger partial charge in [0.2, 0.25) is 0 Å².